The van der Waals surface area contributed by atoms with E-state index >= 15 is 0 Å². The van der Waals surface area contributed by atoms with Crippen LogP contribution in [0.2, 0.25) is 0 Å². The normalized spacial score (nSPS) is 17.2. The molecule has 2 nitrogen and oxygen atoms in total. The van der Waals surface area contributed by atoms with Gasteiger partial charge in [0.25, 0.3) is 5.52 Å². The molecule has 2 heterocycles. The molecule has 2 heteroatoms. The minimum atomic E-state index is 0.599. The van der Waals surface area contributed by atoms with Crippen LogP contribution < -0.4 is 9.30 Å². The lowest BCUT2D eigenvalue weighted by molar-refractivity contribution is -0.682. The molecule has 1 aromatic heterocycles. The molecule has 3 rings (SSSR count). The molecule has 24 heavy (non-hydrogen) atoms. The van der Waals surface area contributed by atoms with Crippen molar-refractivity contribution in [3.63, 3.8) is 0 Å². The lowest BCUT2D eigenvalue weighted by Crippen LogP contribution is -2.43. The van der Waals surface area contributed by atoms with Gasteiger partial charge in [0.15, 0.2) is 11.4 Å². The van der Waals surface area contributed by atoms with Crippen LogP contribution in [0.25, 0.3) is 10.9 Å². The Kier molecular flexibility index (Phi) is 5.43. The summed E-state index contributed by atoms with van der Waals surface area (Å²) in [5, 5.41) is 1.30. The number of ether oxygens (including phenoxy) is 1. The van der Waals surface area contributed by atoms with E-state index in [2.05, 4.69) is 62.6 Å². The molecule has 1 aliphatic heterocycles. The highest BCUT2D eigenvalue weighted by atomic mass is 16.5. The van der Waals surface area contributed by atoms with Crippen LogP contribution in [0.15, 0.2) is 30.3 Å². The summed E-state index contributed by atoms with van der Waals surface area (Å²) in [7, 11) is 0. The first kappa shape index (κ1) is 17.3. The first-order valence-electron chi connectivity index (χ1n) is 9.71. The molecular formula is C22H32NO+. The second-order valence-corrected chi connectivity index (χ2v) is 7.70. The van der Waals surface area contributed by atoms with Crippen LogP contribution in [-0.2, 0) is 6.54 Å². The number of rotatable bonds is 5. The molecule has 0 saturated heterocycles. The van der Waals surface area contributed by atoms with Crippen molar-refractivity contribution in [2.75, 3.05) is 6.61 Å². The molecule has 2 aromatic rings. The Hall–Kier alpha value is -1.57. The molecule has 0 amide bonds. The van der Waals surface area contributed by atoms with Crippen LogP contribution in [0, 0.1) is 11.8 Å². The van der Waals surface area contributed by atoms with E-state index in [0.29, 0.717) is 17.8 Å². The Morgan fingerprint density at radius 2 is 1.92 bits per heavy atom. The van der Waals surface area contributed by atoms with E-state index in [0.717, 1.165) is 25.3 Å². The second kappa shape index (κ2) is 7.55. The summed E-state index contributed by atoms with van der Waals surface area (Å²) in [6, 6.07) is 11.1. The van der Waals surface area contributed by atoms with Gasteiger partial charge >= 0.3 is 0 Å². The van der Waals surface area contributed by atoms with Gasteiger partial charge in [0.1, 0.15) is 6.54 Å². The molecular weight excluding hydrogens is 294 g/mol. The maximum absolute atomic E-state index is 6.08. The van der Waals surface area contributed by atoms with Crippen molar-refractivity contribution >= 4 is 10.9 Å². The van der Waals surface area contributed by atoms with E-state index in [9.17, 15) is 0 Å². The molecule has 1 aliphatic rings. The van der Waals surface area contributed by atoms with Crippen LogP contribution >= 0.6 is 0 Å². The number of aryl methyl sites for hydroxylation is 1. The summed E-state index contributed by atoms with van der Waals surface area (Å²) in [5.41, 5.74) is 2.79. The third-order valence-electron chi connectivity index (χ3n) is 5.50. The largest absolute Gasteiger partial charge is 0.487 e. The smallest absolute Gasteiger partial charge is 0.255 e. The van der Waals surface area contributed by atoms with E-state index < -0.39 is 0 Å². The predicted octanol–water partition coefficient (Wildman–Crippen LogP) is 5.48. The SMILES string of the molecule is CCCC(C)C(c1ccc2cccc3c2[n+]1CCCCO3)C(C)C. The van der Waals surface area contributed by atoms with Gasteiger partial charge in [-0.3, -0.25) is 0 Å². The lowest BCUT2D eigenvalue weighted by atomic mass is 9.79. The fourth-order valence-corrected chi connectivity index (χ4v) is 4.48. The van der Waals surface area contributed by atoms with Gasteiger partial charge in [-0.15, -0.1) is 0 Å². The van der Waals surface area contributed by atoms with E-state index in [1.807, 2.05) is 0 Å². The summed E-state index contributed by atoms with van der Waals surface area (Å²) in [4.78, 5) is 0. The molecule has 2 atom stereocenters. The van der Waals surface area contributed by atoms with Crippen LogP contribution in [0.1, 0.15) is 65.0 Å². The van der Waals surface area contributed by atoms with Crippen molar-refractivity contribution in [3.8, 4) is 5.75 Å². The third kappa shape index (κ3) is 3.29. The van der Waals surface area contributed by atoms with Crippen LogP contribution in [0.4, 0.5) is 0 Å². The van der Waals surface area contributed by atoms with Crippen LogP contribution in [0.5, 0.6) is 5.75 Å². The van der Waals surface area contributed by atoms with E-state index in [4.69, 9.17) is 4.74 Å². The molecule has 0 fully saturated rings. The van der Waals surface area contributed by atoms with Crippen molar-refractivity contribution in [1.29, 1.82) is 0 Å². The minimum absolute atomic E-state index is 0.599. The first-order chi connectivity index (χ1) is 11.6. The minimum Gasteiger partial charge on any atom is -0.487 e. The van der Waals surface area contributed by atoms with Gasteiger partial charge in [0.05, 0.1) is 12.0 Å². The molecule has 0 N–H and O–H groups in total. The van der Waals surface area contributed by atoms with Crippen molar-refractivity contribution in [2.24, 2.45) is 11.8 Å². The molecule has 130 valence electrons. The van der Waals surface area contributed by atoms with Gasteiger partial charge in [-0.1, -0.05) is 46.6 Å². The number of benzene rings is 1. The third-order valence-corrected chi connectivity index (χ3v) is 5.50. The molecule has 0 aliphatic carbocycles. The first-order valence-corrected chi connectivity index (χ1v) is 9.71. The zero-order valence-electron chi connectivity index (χ0n) is 15.7. The van der Waals surface area contributed by atoms with Gasteiger partial charge < -0.3 is 4.74 Å². The highest BCUT2D eigenvalue weighted by Gasteiger charge is 2.32. The Morgan fingerprint density at radius 1 is 1.08 bits per heavy atom. The molecule has 0 bridgehead atoms. The molecule has 0 saturated carbocycles. The molecule has 0 radical (unpaired) electrons. The summed E-state index contributed by atoms with van der Waals surface area (Å²) >= 11 is 0. The van der Waals surface area contributed by atoms with Crippen molar-refractivity contribution < 1.29 is 9.30 Å². The zero-order chi connectivity index (χ0) is 17.1. The Morgan fingerprint density at radius 3 is 2.67 bits per heavy atom. The van der Waals surface area contributed by atoms with Gasteiger partial charge in [-0.05, 0) is 36.5 Å². The van der Waals surface area contributed by atoms with E-state index in [-0.39, 0.29) is 0 Å². The van der Waals surface area contributed by atoms with Gasteiger partial charge in [-0.2, -0.15) is 4.57 Å². The summed E-state index contributed by atoms with van der Waals surface area (Å²) in [6.45, 7) is 11.4. The second-order valence-electron chi connectivity index (χ2n) is 7.70. The number of para-hydroxylation sites is 1. The maximum atomic E-state index is 6.08. The summed E-state index contributed by atoms with van der Waals surface area (Å²) in [5.74, 6) is 3.00. The number of hydrogen-bond donors (Lipinski definition) is 0. The number of hydrogen-bond acceptors (Lipinski definition) is 1. The number of pyridine rings is 1. The van der Waals surface area contributed by atoms with Crippen LogP contribution in [-0.4, -0.2) is 6.61 Å². The zero-order valence-corrected chi connectivity index (χ0v) is 15.7. The Bertz CT molecular complexity index is 692. The van der Waals surface area contributed by atoms with Gasteiger partial charge in [-0.25, -0.2) is 0 Å². The summed E-state index contributed by atoms with van der Waals surface area (Å²) < 4.78 is 8.65. The Balaban J connectivity index is 2.18. The van der Waals surface area contributed by atoms with Gasteiger partial charge in [0.2, 0.25) is 0 Å². The fraction of sp³-hybridized carbons (Fsp3) is 0.591. The topological polar surface area (TPSA) is 13.1 Å². The van der Waals surface area contributed by atoms with Crippen LogP contribution in [0.3, 0.4) is 0 Å². The van der Waals surface area contributed by atoms with Crippen molar-refractivity contribution in [3.05, 3.63) is 36.0 Å². The monoisotopic (exact) mass is 326 g/mol. The lowest BCUT2D eigenvalue weighted by Gasteiger charge is -2.27. The van der Waals surface area contributed by atoms with E-state index in [1.54, 1.807) is 0 Å². The quantitative estimate of drug-likeness (QED) is 0.663. The molecule has 1 aromatic carbocycles. The van der Waals surface area contributed by atoms with Crippen molar-refractivity contribution in [1.82, 2.24) is 0 Å². The standard InChI is InChI=1S/C22H32NO/c1-5-9-17(4)21(16(2)3)19-13-12-18-10-8-11-20-22(18)23(19)14-6-7-15-24-20/h8,10-13,16-17,21H,5-7,9,14-15H2,1-4H3/q+1. The number of aromatic nitrogens is 1. The highest BCUT2D eigenvalue weighted by molar-refractivity contribution is 5.81. The predicted molar refractivity (Wildman–Crippen MR) is 101 cm³/mol. The highest BCUT2D eigenvalue weighted by Crippen LogP contribution is 2.35. The fourth-order valence-electron chi connectivity index (χ4n) is 4.48. The van der Waals surface area contributed by atoms with E-state index in [1.165, 1.54) is 35.9 Å². The average Bonchev–Trinajstić information content (AvgIpc) is 2.53. The molecule has 0 spiro atoms. The maximum Gasteiger partial charge on any atom is 0.255 e. The summed E-state index contributed by atoms with van der Waals surface area (Å²) in [6.07, 6.45) is 4.87. The van der Waals surface area contributed by atoms with Gasteiger partial charge in [0, 0.05) is 18.4 Å². The average molecular weight is 327 g/mol. The Labute approximate surface area is 146 Å². The number of nitrogens with zero attached hydrogens (tertiary/aromatic N) is 1. The van der Waals surface area contributed by atoms with Crippen molar-refractivity contribution in [2.45, 2.75) is 65.8 Å². The molecule has 2 unspecified atom stereocenters.